The molecule has 0 atom stereocenters. The van der Waals surface area contributed by atoms with E-state index in [1.165, 1.54) is 10.9 Å². The number of anilines is 2. The van der Waals surface area contributed by atoms with E-state index in [0.717, 1.165) is 11.1 Å². The molecule has 0 saturated carbocycles. The molecule has 2 aromatic rings. The van der Waals surface area contributed by atoms with Crippen LogP contribution in [0.15, 0.2) is 24.4 Å². The Kier molecular flexibility index (Phi) is 2.72. The van der Waals surface area contributed by atoms with Crippen LogP contribution in [0.25, 0.3) is 0 Å². The molecule has 3 rings (SSSR count). The molecule has 0 unspecified atom stereocenters. The summed E-state index contributed by atoms with van der Waals surface area (Å²) in [6.45, 7) is 1.18. The summed E-state index contributed by atoms with van der Waals surface area (Å²) in [4.78, 5) is 12.2. The number of nitrogens with one attached hydrogen (secondary N) is 1. The Balaban J connectivity index is 1.85. The van der Waals surface area contributed by atoms with Gasteiger partial charge in [0.05, 0.1) is 25.1 Å². The fourth-order valence-corrected chi connectivity index (χ4v) is 2.10. The van der Waals surface area contributed by atoms with Crippen molar-refractivity contribution in [2.75, 3.05) is 11.1 Å². The summed E-state index contributed by atoms with van der Waals surface area (Å²) in [6.07, 6.45) is 1.51. The van der Waals surface area contributed by atoms with Crippen molar-refractivity contribution in [2.24, 2.45) is 7.05 Å². The van der Waals surface area contributed by atoms with Gasteiger partial charge in [-0.3, -0.25) is 9.48 Å². The number of nitrogens with zero attached hydrogens (tertiary/aromatic N) is 2. The predicted molar refractivity (Wildman–Crippen MR) is 70.5 cm³/mol. The summed E-state index contributed by atoms with van der Waals surface area (Å²) < 4.78 is 6.86. The standard InChI is InChI=1S/C13H14N4O2/c1-17-12(11(14)5-15-17)16-13(18)8-2-3-9-6-19-7-10(9)4-8/h2-5H,6-7,14H2,1H3,(H,16,18). The number of benzene rings is 1. The number of rotatable bonds is 2. The number of carbonyl (C=O) groups excluding carboxylic acids is 1. The topological polar surface area (TPSA) is 82.2 Å². The van der Waals surface area contributed by atoms with Gasteiger partial charge in [0, 0.05) is 12.6 Å². The van der Waals surface area contributed by atoms with Gasteiger partial charge in [0.25, 0.3) is 5.91 Å². The lowest BCUT2D eigenvalue weighted by molar-refractivity contribution is 0.102. The Morgan fingerprint density at radius 1 is 1.42 bits per heavy atom. The maximum absolute atomic E-state index is 12.2. The number of hydrogen-bond acceptors (Lipinski definition) is 4. The van der Waals surface area contributed by atoms with Gasteiger partial charge in [-0.1, -0.05) is 6.07 Å². The fourth-order valence-electron chi connectivity index (χ4n) is 2.10. The van der Waals surface area contributed by atoms with Crippen molar-refractivity contribution in [2.45, 2.75) is 13.2 Å². The summed E-state index contributed by atoms with van der Waals surface area (Å²) in [7, 11) is 1.72. The fraction of sp³-hybridized carbons (Fsp3) is 0.231. The zero-order chi connectivity index (χ0) is 13.4. The first kappa shape index (κ1) is 11.7. The summed E-state index contributed by atoms with van der Waals surface area (Å²) in [5, 5.41) is 6.74. The van der Waals surface area contributed by atoms with E-state index in [2.05, 4.69) is 10.4 Å². The van der Waals surface area contributed by atoms with Crippen LogP contribution in [0.3, 0.4) is 0 Å². The highest BCUT2D eigenvalue weighted by atomic mass is 16.5. The smallest absolute Gasteiger partial charge is 0.256 e. The van der Waals surface area contributed by atoms with Gasteiger partial charge in [0.2, 0.25) is 0 Å². The third-order valence-corrected chi connectivity index (χ3v) is 3.18. The second kappa shape index (κ2) is 4.40. The molecule has 0 radical (unpaired) electrons. The first-order chi connectivity index (χ1) is 9.15. The normalized spacial score (nSPS) is 13.3. The number of fused-ring (bicyclic) bond motifs is 1. The highest BCUT2D eigenvalue weighted by molar-refractivity contribution is 6.05. The molecule has 19 heavy (non-hydrogen) atoms. The van der Waals surface area contributed by atoms with Crippen LogP contribution in [-0.2, 0) is 25.0 Å². The molecule has 0 bridgehead atoms. The largest absolute Gasteiger partial charge is 0.394 e. The van der Waals surface area contributed by atoms with Crippen LogP contribution in [0.1, 0.15) is 21.5 Å². The quantitative estimate of drug-likeness (QED) is 0.850. The number of nitrogens with two attached hydrogens (primary N) is 1. The van der Waals surface area contributed by atoms with Crippen molar-refractivity contribution in [3.05, 3.63) is 41.1 Å². The second-order valence-corrected chi connectivity index (χ2v) is 4.50. The highest BCUT2D eigenvalue weighted by Gasteiger charge is 2.16. The third-order valence-electron chi connectivity index (χ3n) is 3.18. The van der Waals surface area contributed by atoms with E-state index in [9.17, 15) is 4.79 Å². The van der Waals surface area contributed by atoms with Crippen molar-refractivity contribution in [3.8, 4) is 0 Å². The maximum Gasteiger partial charge on any atom is 0.256 e. The monoisotopic (exact) mass is 258 g/mol. The second-order valence-electron chi connectivity index (χ2n) is 4.50. The van der Waals surface area contributed by atoms with Gasteiger partial charge < -0.3 is 15.8 Å². The Morgan fingerprint density at radius 3 is 2.95 bits per heavy atom. The molecule has 2 heterocycles. The van der Waals surface area contributed by atoms with Gasteiger partial charge in [-0.15, -0.1) is 0 Å². The van der Waals surface area contributed by atoms with E-state index in [4.69, 9.17) is 10.5 Å². The van der Waals surface area contributed by atoms with Crippen molar-refractivity contribution in [1.82, 2.24) is 9.78 Å². The molecule has 6 heteroatoms. The Labute approximate surface area is 110 Å². The maximum atomic E-state index is 12.2. The lowest BCUT2D eigenvalue weighted by Gasteiger charge is -2.07. The number of carbonyl (C=O) groups is 1. The minimum atomic E-state index is -0.204. The van der Waals surface area contributed by atoms with Gasteiger partial charge >= 0.3 is 0 Å². The molecular formula is C13H14N4O2. The lowest BCUT2D eigenvalue weighted by atomic mass is 10.1. The Hall–Kier alpha value is -2.34. The first-order valence-corrected chi connectivity index (χ1v) is 5.93. The lowest BCUT2D eigenvalue weighted by Crippen LogP contribution is -2.15. The van der Waals surface area contributed by atoms with Gasteiger partial charge in [0.15, 0.2) is 5.82 Å². The SMILES string of the molecule is Cn1ncc(N)c1NC(=O)c1ccc2c(c1)COC2. The van der Waals surface area contributed by atoms with E-state index in [0.29, 0.717) is 30.3 Å². The summed E-state index contributed by atoms with van der Waals surface area (Å²) in [5.41, 5.74) is 8.97. The third kappa shape index (κ3) is 2.06. The molecule has 0 fully saturated rings. The molecule has 0 aliphatic carbocycles. The number of aryl methyl sites for hydroxylation is 1. The van der Waals surface area contributed by atoms with Gasteiger partial charge in [-0.2, -0.15) is 5.10 Å². The number of ether oxygens (including phenoxy) is 1. The summed E-state index contributed by atoms with van der Waals surface area (Å²) in [5.74, 6) is 0.298. The van der Waals surface area contributed by atoms with Gasteiger partial charge in [-0.25, -0.2) is 0 Å². The van der Waals surface area contributed by atoms with Crippen LogP contribution in [0.5, 0.6) is 0 Å². The molecule has 1 aliphatic rings. The van der Waals surface area contributed by atoms with E-state index < -0.39 is 0 Å². The molecule has 0 saturated heterocycles. The molecule has 6 nitrogen and oxygen atoms in total. The number of aromatic nitrogens is 2. The first-order valence-electron chi connectivity index (χ1n) is 5.93. The van der Waals surface area contributed by atoms with E-state index in [-0.39, 0.29) is 5.91 Å². The van der Waals surface area contributed by atoms with Gasteiger partial charge in [-0.05, 0) is 23.3 Å². The zero-order valence-corrected chi connectivity index (χ0v) is 10.5. The molecular weight excluding hydrogens is 244 g/mol. The molecule has 98 valence electrons. The Bertz CT molecular complexity index is 629. The van der Waals surface area contributed by atoms with Crippen LogP contribution < -0.4 is 11.1 Å². The molecule has 1 aromatic heterocycles. The molecule has 3 N–H and O–H groups in total. The van der Waals surface area contributed by atoms with Crippen molar-refractivity contribution < 1.29 is 9.53 Å². The highest BCUT2D eigenvalue weighted by Crippen LogP contribution is 2.22. The van der Waals surface area contributed by atoms with Gasteiger partial charge in [0.1, 0.15) is 0 Å². The molecule has 0 spiro atoms. The molecule has 1 aromatic carbocycles. The van der Waals surface area contributed by atoms with E-state index >= 15 is 0 Å². The minimum Gasteiger partial charge on any atom is -0.394 e. The minimum absolute atomic E-state index is 0.204. The number of hydrogen-bond donors (Lipinski definition) is 2. The average Bonchev–Trinajstić information content (AvgIpc) is 2.99. The summed E-state index contributed by atoms with van der Waals surface area (Å²) >= 11 is 0. The van der Waals surface area contributed by atoms with Crippen LogP contribution in [0.4, 0.5) is 11.5 Å². The predicted octanol–water partition coefficient (Wildman–Crippen LogP) is 1.28. The van der Waals surface area contributed by atoms with Crippen molar-refractivity contribution >= 4 is 17.4 Å². The van der Waals surface area contributed by atoms with Crippen LogP contribution in [0, 0.1) is 0 Å². The Morgan fingerprint density at radius 2 is 2.21 bits per heavy atom. The van der Waals surface area contributed by atoms with Crippen LogP contribution in [0.2, 0.25) is 0 Å². The zero-order valence-electron chi connectivity index (χ0n) is 10.5. The molecule has 1 aliphatic heterocycles. The van der Waals surface area contributed by atoms with E-state index in [1.807, 2.05) is 12.1 Å². The number of amides is 1. The van der Waals surface area contributed by atoms with Crippen molar-refractivity contribution in [3.63, 3.8) is 0 Å². The van der Waals surface area contributed by atoms with E-state index in [1.54, 1.807) is 13.1 Å². The molecule has 1 amide bonds. The van der Waals surface area contributed by atoms with Crippen LogP contribution in [-0.4, -0.2) is 15.7 Å². The van der Waals surface area contributed by atoms with Crippen LogP contribution >= 0.6 is 0 Å². The number of nitrogen functional groups attached to an aromatic ring is 1. The van der Waals surface area contributed by atoms with Crippen molar-refractivity contribution in [1.29, 1.82) is 0 Å². The summed E-state index contributed by atoms with van der Waals surface area (Å²) in [6, 6.07) is 5.56. The average molecular weight is 258 g/mol.